The Hall–Kier alpha value is -0.271. The van der Waals surface area contributed by atoms with Crippen molar-refractivity contribution in [2.45, 2.75) is 0 Å². The van der Waals surface area contributed by atoms with Gasteiger partial charge in [-0.3, -0.25) is 0 Å². The van der Waals surface area contributed by atoms with Gasteiger partial charge in [0.2, 0.25) is 0 Å². The van der Waals surface area contributed by atoms with Gasteiger partial charge in [-0.25, -0.2) is 0 Å². The van der Waals surface area contributed by atoms with Crippen LogP contribution in [0.25, 0.3) is 0 Å². The van der Waals surface area contributed by atoms with Gasteiger partial charge in [-0.1, -0.05) is 0 Å². The average molecular weight is 147 g/mol. The Morgan fingerprint density at radius 3 is 2.83 bits per heavy atom. The van der Waals surface area contributed by atoms with Gasteiger partial charge in [0.05, 0.1) is 0 Å². The molecule has 1 aromatic heterocycles. The van der Waals surface area contributed by atoms with E-state index in [1.807, 2.05) is 0 Å². The van der Waals surface area contributed by atoms with Crippen LogP contribution in [0.15, 0.2) is 16.9 Å². The Morgan fingerprint density at radius 2 is 2.67 bits per heavy atom. The Bertz CT molecular complexity index is 114. The van der Waals surface area contributed by atoms with Gasteiger partial charge in [0.25, 0.3) is 0 Å². The molecule has 0 saturated heterocycles. The summed E-state index contributed by atoms with van der Waals surface area (Å²) < 4.78 is 4.67. The first kappa shape index (κ1) is 3.90. The van der Waals surface area contributed by atoms with E-state index in [1.165, 1.54) is 6.26 Å². The molecular weight excluding hydrogens is 145 g/mol. The van der Waals surface area contributed by atoms with Crippen LogP contribution in [0.2, 0.25) is 0 Å². The number of hydrogen-bond donors (Lipinski definition) is 0. The van der Waals surface area contributed by atoms with Gasteiger partial charge in [0, 0.05) is 0 Å². The SMILES string of the molecule is [Se]c1ncco1. The molecule has 0 saturated carbocycles. The van der Waals surface area contributed by atoms with Crippen LogP contribution in [0, 0.1) is 0 Å². The van der Waals surface area contributed by atoms with Crippen molar-refractivity contribution in [1.29, 1.82) is 0 Å². The molecule has 0 atom stereocenters. The molecule has 31 valence electrons. The second-order valence-electron chi connectivity index (χ2n) is 0.798. The second kappa shape index (κ2) is 1.45. The fraction of sp³-hybridized carbons (Fsp3) is 0. The number of nitrogens with zero attached hydrogens (tertiary/aromatic N) is 1. The summed E-state index contributed by atoms with van der Waals surface area (Å²) in [5, 5.41) is 0. The third-order valence-corrected chi connectivity index (χ3v) is 0.833. The molecule has 0 bridgehead atoms. The van der Waals surface area contributed by atoms with Gasteiger partial charge in [-0.2, -0.15) is 0 Å². The zero-order valence-electron chi connectivity index (χ0n) is 2.92. The standard InChI is InChI=1S/C3H2NOSe/c6-3-4-1-2-5-3/h1-2H. The molecule has 0 fully saturated rings. The van der Waals surface area contributed by atoms with E-state index in [0.717, 1.165) is 0 Å². The van der Waals surface area contributed by atoms with Crippen molar-refractivity contribution < 1.29 is 4.42 Å². The molecule has 1 radical (unpaired) electrons. The van der Waals surface area contributed by atoms with Crippen LogP contribution >= 0.6 is 0 Å². The van der Waals surface area contributed by atoms with Gasteiger partial charge >= 0.3 is 42.7 Å². The fourth-order valence-corrected chi connectivity index (χ4v) is 0.455. The summed E-state index contributed by atoms with van der Waals surface area (Å²) in [6.07, 6.45) is 3.11. The van der Waals surface area contributed by atoms with E-state index in [0.29, 0.717) is 4.79 Å². The van der Waals surface area contributed by atoms with E-state index in [2.05, 4.69) is 25.4 Å². The Labute approximate surface area is 43.4 Å². The van der Waals surface area contributed by atoms with Gasteiger partial charge in [0.15, 0.2) is 0 Å². The minimum atomic E-state index is 0.593. The van der Waals surface area contributed by atoms with Crippen molar-refractivity contribution in [3.8, 4) is 0 Å². The van der Waals surface area contributed by atoms with Crippen LogP contribution in [0.3, 0.4) is 0 Å². The van der Waals surface area contributed by atoms with E-state index < -0.39 is 0 Å². The van der Waals surface area contributed by atoms with Crippen molar-refractivity contribution >= 4 is 20.8 Å². The summed E-state index contributed by atoms with van der Waals surface area (Å²) in [5.74, 6) is 0. The second-order valence-corrected chi connectivity index (χ2v) is 1.53. The molecule has 1 heterocycles. The van der Waals surface area contributed by atoms with Gasteiger partial charge in [-0.05, 0) is 0 Å². The quantitative estimate of drug-likeness (QED) is 0.461. The monoisotopic (exact) mass is 148 g/mol. The van der Waals surface area contributed by atoms with Gasteiger partial charge in [0.1, 0.15) is 0 Å². The zero-order valence-corrected chi connectivity index (χ0v) is 4.63. The maximum absolute atomic E-state index is 4.67. The summed E-state index contributed by atoms with van der Waals surface area (Å²) in [6, 6.07) is 0. The zero-order chi connectivity index (χ0) is 4.41. The van der Waals surface area contributed by atoms with Crippen LogP contribution in [0.1, 0.15) is 0 Å². The number of hydrogen-bond acceptors (Lipinski definition) is 2. The first-order valence-electron chi connectivity index (χ1n) is 1.46. The topological polar surface area (TPSA) is 26.0 Å². The fourth-order valence-electron chi connectivity index (χ4n) is 0.210. The van der Waals surface area contributed by atoms with Crippen molar-refractivity contribution in [3.05, 3.63) is 12.5 Å². The normalized spacial score (nSPS) is 8.67. The molecule has 6 heavy (non-hydrogen) atoms. The molecule has 0 amide bonds. The van der Waals surface area contributed by atoms with E-state index in [9.17, 15) is 0 Å². The summed E-state index contributed by atoms with van der Waals surface area (Å²) in [5.41, 5.74) is 0. The van der Waals surface area contributed by atoms with Crippen molar-refractivity contribution in [2.75, 3.05) is 0 Å². The molecule has 0 aliphatic rings. The number of rotatable bonds is 0. The van der Waals surface area contributed by atoms with Crippen LogP contribution in [0.4, 0.5) is 0 Å². The molecule has 1 aromatic rings. The number of aromatic nitrogens is 1. The van der Waals surface area contributed by atoms with Crippen molar-refractivity contribution in [3.63, 3.8) is 0 Å². The van der Waals surface area contributed by atoms with Gasteiger partial charge in [-0.15, -0.1) is 0 Å². The first-order valence-corrected chi connectivity index (χ1v) is 2.32. The van der Waals surface area contributed by atoms with E-state index in [-0.39, 0.29) is 0 Å². The molecule has 1 rings (SSSR count). The predicted molar refractivity (Wildman–Crippen MR) is 21.9 cm³/mol. The number of oxazole rings is 1. The summed E-state index contributed by atoms with van der Waals surface area (Å²) in [7, 11) is 0. The Balaban J connectivity index is 3.05. The molecule has 0 unspecified atom stereocenters. The minimum absolute atomic E-state index is 0.593. The molecule has 0 aliphatic carbocycles. The summed E-state index contributed by atoms with van der Waals surface area (Å²) >= 11 is 2.60. The van der Waals surface area contributed by atoms with E-state index in [4.69, 9.17) is 0 Å². The van der Waals surface area contributed by atoms with E-state index in [1.54, 1.807) is 6.20 Å². The Kier molecular flexibility index (Phi) is 0.945. The predicted octanol–water partition coefficient (Wildman–Crippen LogP) is -0.532. The average Bonchev–Trinajstić information content (AvgIpc) is 1.86. The van der Waals surface area contributed by atoms with Crippen LogP contribution in [0.5, 0.6) is 0 Å². The molecule has 0 aliphatic heterocycles. The third kappa shape index (κ3) is 0.614. The van der Waals surface area contributed by atoms with Crippen LogP contribution in [-0.4, -0.2) is 21.0 Å². The third-order valence-electron chi connectivity index (χ3n) is 0.410. The first-order chi connectivity index (χ1) is 2.89. The molecule has 0 N–H and O–H groups in total. The summed E-state index contributed by atoms with van der Waals surface area (Å²) in [6.45, 7) is 0. The molecule has 0 aromatic carbocycles. The van der Waals surface area contributed by atoms with E-state index >= 15 is 0 Å². The molecular formula is C3H2NOSe. The van der Waals surface area contributed by atoms with Crippen LogP contribution < -0.4 is 4.79 Å². The van der Waals surface area contributed by atoms with Crippen LogP contribution in [-0.2, 0) is 0 Å². The Morgan fingerprint density at radius 1 is 1.83 bits per heavy atom. The van der Waals surface area contributed by atoms with Crippen molar-refractivity contribution in [2.24, 2.45) is 0 Å². The maximum atomic E-state index is 4.67. The van der Waals surface area contributed by atoms with Crippen molar-refractivity contribution in [1.82, 2.24) is 4.98 Å². The molecule has 2 nitrogen and oxygen atoms in total. The van der Waals surface area contributed by atoms with Gasteiger partial charge < -0.3 is 0 Å². The molecule has 3 heteroatoms. The molecule has 0 spiro atoms. The summed E-state index contributed by atoms with van der Waals surface area (Å²) in [4.78, 5) is 4.29.